The van der Waals surface area contributed by atoms with E-state index < -0.39 is 5.92 Å². The monoisotopic (exact) mass is 498 g/mol. The first-order chi connectivity index (χ1) is 17.6. The lowest BCUT2D eigenvalue weighted by Crippen LogP contribution is -2.38. The summed E-state index contributed by atoms with van der Waals surface area (Å²) in [6.07, 6.45) is 2.18. The van der Waals surface area contributed by atoms with Crippen molar-refractivity contribution in [1.29, 1.82) is 0 Å². The Kier molecular flexibility index (Phi) is 6.05. The van der Waals surface area contributed by atoms with Crippen molar-refractivity contribution in [2.75, 3.05) is 41.3 Å². The van der Waals surface area contributed by atoms with E-state index in [1.807, 2.05) is 24.3 Å². The first kappa shape index (κ1) is 23.2. The number of fused-ring (bicyclic) bond motifs is 3. The summed E-state index contributed by atoms with van der Waals surface area (Å²) in [4.78, 5) is 13.3. The van der Waals surface area contributed by atoms with Gasteiger partial charge in [0, 0.05) is 18.4 Å². The van der Waals surface area contributed by atoms with Crippen molar-refractivity contribution in [3.8, 4) is 28.7 Å². The molecule has 0 saturated carbocycles. The Hall–Kier alpha value is -3.17. The molecule has 4 aliphatic rings. The van der Waals surface area contributed by atoms with Crippen molar-refractivity contribution in [2.45, 2.75) is 37.6 Å². The van der Waals surface area contributed by atoms with Crippen LogP contribution in [-0.4, -0.2) is 53.6 Å². The Labute approximate surface area is 209 Å². The third-order valence-electron chi connectivity index (χ3n) is 7.60. The van der Waals surface area contributed by atoms with Gasteiger partial charge < -0.3 is 37.9 Å². The summed E-state index contributed by atoms with van der Waals surface area (Å²) in [5, 5.41) is 0. The van der Waals surface area contributed by atoms with Crippen LogP contribution < -0.4 is 23.7 Å². The van der Waals surface area contributed by atoms with Gasteiger partial charge in [-0.25, -0.2) is 0 Å². The van der Waals surface area contributed by atoms with E-state index in [-0.39, 0.29) is 43.6 Å². The molecule has 2 fully saturated rings. The number of hydrogen-bond acceptors (Lipinski definition) is 9. The van der Waals surface area contributed by atoms with E-state index in [1.165, 1.54) is 0 Å². The number of hydrogen-bond donors (Lipinski definition) is 0. The normalized spacial score (nSPS) is 28.2. The zero-order valence-corrected chi connectivity index (χ0v) is 20.6. The standard InChI is InChI=1S/C27H30O9/c1-29-20-8-14(9-21(30-2)26(20)31-3)23-15-10-18-19(35-13-34-18)11-16(15)25(17-12-33-27(28)24(17)23)36-22-6-4-5-7-32-22/h8-11,17,22-25H,4-7,12-13H2,1-3H3/t17-,22+,23+,24-,25+/m0/s1. The van der Waals surface area contributed by atoms with Gasteiger partial charge in [0.2, 0.25) is 12.5 Å². The molecular weight excluding hydrogens is 468 g/mol. The molecule has 5 atom stereocenters. The lowest BCUT2D eigenvalue weighted by Gasteiger charge is -2.40. The van der Waals surface area contributed by atoms with Gasteiger partial charge in [-0.2, -0.15) is 0 Å². The van der Waals surface area contributed by atoms with E-state index >= 15 is 0 Å². The van der Waals surface area contributed by atoms with E-state index in [4.69, 9.17) is 37.9 Å². The van der Waals surface area contributed by atoms with Crippen LogP contribution in [0.25, 0.3) is 0 Å². The summed E-state index contributed by atoms with van der Waals surface area (Å²) in [5.74, 6) is 1.59. The fourth-order valence-corrected chi connectivity index (χ4v) is 5.95. The summed E-state index contributed by atoms with van der Waals surface area (Å²) in [6, 6.07) is 7.74. The molecule has 9 heteroatoms. The fourth-order valence-electron chi connectivity index (χ4n) is 5.95. The average Bonchev–Trinajstić information content (AvgIpc) is 3.53. The maximum atomic E-state index is 13.3. The van der Waals surface area contributed by atoms with Crippen LogP contribution in [-0.2, 0) is 19.0 Å². The van der Waals surface area contributed by atoms with Crippen molar-refractivity contribution >= 4 is 5.97 Å². The lowest BCUT2D eigenvalue weighted by molar-refractivity contribution is -0.205. The molecule has 3 aliphatic heterocycles. The predicted octanol–water partition coefficient (Wildman–Crippen LogP) is 3.96. The topological polar surface area (TPSA) is 90.9 Å². The lowest BCUT2D eigenvalue weighted by atomic mass is 9.66. The van der Waals surface area contributed by atoms with Gasteiger partial charge in [0.15, 0.2) is 29.3 Å². The number of rotatable bonds is 6. The van der Waals surface area contributed by atoms with Gasteiger partial charge in [0.05, 0.1) is 40.0 Å². The molecule has 2 aromatic carbocycles. The first-order valence-electron chi connectivity index (χ1n) is 12.3. The Morgan fingerprint density at radius 3 is 2.22 bits per heavy atom. The highest BCUT2D eigenvalue weighted by Crippen LogP contribution is 2.56. The molecule has 0 unspecified atom stereocenters. The van der Waals surface area contributed by atoms with Gasteiger partial charge >= 0.3 is 5.97 Å². The first-order valence-corrected chi connectivity index (χ1v) is 12.3. The zero-order chi connectivity index (χ0) is 24.8. The Morgan fingerprint density at radius 1 is 0.861 bits per heavy atom. The molecule has 3 heterocycles. The van der Waals surface area contributed by atoms with E-state index in [0.29, 0.717) is 35.4 Å². The van der Waals surface area contributed by atoms with Crippen LogP contribution >= 0.6 is 0 Å². The number of ether oxygens (including phenoxy) is 8. The number of methoxy groups -OCH3 is 3. The maximum Gasteiger partial charge on any atom is 0.310 e. The highest BCUT2D eigenvalue weighted by atomic mass is 16.7. The van der Waals surface area contributed by atoms with E-state index in [0.717, 1.165) is 36.0 Å². The molecule has 36 heavy (non-hydrogen) atoms. The SMILES string of the molecule is COc1cc([C@@H]2c3cc4c(cc3[C@@H](O[C@@H]3CCCCO3)[C@H]3COC(=O)[C@H]23)OCO4)cc(OC)c1OC. The number of benzene rings is 2. The van der Waals surface area contributed by atoms with Crippen molar-refractivity contribution in [2.24, 2.45) is 11.8 Å². The van der Waals surface area contributed by atoms with Crippen LogP contribution in [0.2, 0.25) is 0 Å². The molecule has 0 spiro atoms. The molecule has 2 aromatic rings. The quantitative estimate of drug-likeness (QED) is 0.549. The second-order valence-electron chi connectivity index (χ2n) is 9.44. The molecule has 9 nitrogen and oxygen atoms in total. The minimum absolute atomic E-state index is 0.152. The van der Waals surface area contributed by atoms with E-state index in [9.17, 15) is 4.79 Å². The summed E-state index contributed by atoms with van der Waals surface area (Å²) in [7, 11) is 4.72. The summed E-state index contributed by atoms with van der Waals surface area (Å²) < 4.78 is 46.4. The molecule has 6 rings (SSSR count). The highest BCUT2D eigenvalue weighted by molar-refractivity contribution is 5.79. The number of carbonyl (C=O) groups is 1. The molecule has 0 N–H and O–H groups in total. The minimum atomic E-state index is -0.464. The summed E-state index contributed by atoms with van der Waals surface area (Å²) in [6.45, 7) is 1.10. The van der Waals surface area contributed by atoms with Gasteiger partial charge in [-0.05, 0) is 60.2 Å². The van der Waals surface area contributed by atoms with Gasteiger partial charge in [0.25, 0.3) is 0 Å². The van der Waals surface area contributed by atoms with Crippen LogP contribution in [0.3, 0.4) is 0 Å². The number of cyclic esters (lactones) is 1. The summed E-state index contributed by atoms with van der Waals surface area (Å²) >= 11 is 0. The van der Waals surface area contributed by atoms with Crippen LogP contribution in [0.15, 0.2) is 24.3 Å². The van der Waals surface area contributed by atoms with Gasteiger partial charge in [-0.3, -0.25) is 4.79 Å². The molecule has 0 amide bonds. The molecule has 2 saturated heterocycles. The predicted molar refractivity (Wildman–Crippen MR) is 126 cm³/mol. The zero-order valence-electron chi connectivity index (χ0n) is 20.6. The van der Waals surface area contributed by atoms with Crippen molar-refractivity contribution in [1.82, 2.24) is 0 Å². The summed E-state index contributed by atoms with van der Waals surface area (Å²) in [5.41, 5.74) is 2.73. The van der Waals surface area contributed by atoms with Gasteiger partial charge in [-0.15, -0.1) is 0 Å². The molecule has 1 aliphatic carbocycles. The third kappa shape index (κ3) is 3.72. The Balaban J connectivity index is 1.52. The maximum absolute atomic E-state index is 13.3. The van der Waals surface area contributed by atoms with Crippen LogP contribution in [0.5, 0.6) is 28.7 Å². The average molecular weight is 499 g/mol. The number of carbonyl (C=O) groups excluding carboxylic acids is 1. The molecule has 192 valence electrons. The van der Waals surface area contributed by atoms with Gasteiger partial charge in [-0.1, -0.05) is 0 Å². The second-order valence-corrected chi connectivity index (χ2v) is 9.44. The van der Waals surface area contributed by atoms with Gasteiger partial charge in [0.1, 0.15) is 0 Å². The molecule has 0 bridgehead atoms. The second kappa shape index (κ2) is 9.37. The van der Waals surface area contributed by atoms with Crippen LogP contribution in [0, 0.1) is 11.8 Å². The smallest absolute Gasteiger partial charge is 0.310 e. The van der Waals surface area contributed by atoms with Crippen LogP contribution in [0.4, 0.5) is 0 Å². The molecular formula is C27H30O9. The number of esters is 1. The Bertz CT molecular complexity index is 1130. The van der Waals surface area contributed by atoms with E-state index in [1.54, 1.807) is 21.3 Å². The van der Waals surface area contributed by atoms with Crippen molar-refractivity contribution < 1.29 is 42.7 Å². The minimum Gasteiger partial charge on any atom is -0.493 e. The molecule has 0 radical (unpaired) electrons. The third-order valence-corrected chi connectivity index (χ3v) is 7.60. The van der Waals surface area contributed by atoms with E-state index in [2.05, 4.69) is 0 Å². The van der Waals surface area contributed by atoms with Crippen molar-refractivity contribution in [3.05, 3.63) is 41.0 Å². The van der Waals surface area contributed by atoms with Crippen LogP contribution in [0.1, 0.15) is 48.0 Å². The highest BCUT2D eigenvalue weighted by Gasteiger charge is 2.53. The largest absolute Gasteiger partial charge is 0.493 e. The Morgan fingerprint density at radius 2 is 1.58 bits per heavy atom. The molecule has 0 aromatic heterocycles. The fraction of sp³-hybridized carbons (Fsp3) is 0.519. The van der Waals surface area contributed by atoms with Crippen molar-refractivity contribution in [3.63, 3.8) is 0 Å².